The first-order chi connectivity index (χ1) is 6.19. The Kier molecular flexibility index (Phi) is 3.18. The number of rotatable bonds is 3. The molecule has 1 aromatic carbocycles. The molecule has 0 saturated carbocycles. The van der Waals surface area contributed by atoms with E-state index >= 15 is 0 Å². The van der Waals surface area contributed by atoms with Gasteiger partial charge < -0.3 is 10.2 Å². The van der Waals surface area contributed by atoms with Crippen molar-refractivity contribution >= 4 is 11.4 Å². The maximum atomic E-state index is 3.15. The van der Waals surface area contributed by atoms with Gasteiger partial charge in [0.2, 0.25) is 0 Å². The van der Waals surface area contributed by atoms with Crippen molar-refractivity contribution in [2.24, 2.45) is 0 Å². The van der Waals surface area contributed by atoms with Crippen LogP contribution in [0.2, 0.25) is 0 Å². The Morgan fingerprint density at radius 1 is 1.31 bits per heavy atom. The van der Waals surface area contributed by atoms with Crippen molar-refractivity contribution in [1.82, 2.24) is 0 Å². The molecule has 1 rings (SSSR count). The first-order valence-electron chi connectivity index (χ1n) is 4.67. The maximum Gasteiger partial charge on any atom is 0.0414 e. The average molecular weight is 178 g/mol. The summed E-state index contributed by atoms with van der Waals surface area (Å²) < 4.78 is 0. The molecule has 0 aliphatic carbocycles. The molecular weight excluding hydrogens is 160 g/mol. The minimum absolute atomic E-state index is 1.08. The number of hydrogen-bond donors (Lipinski definition) is 1. The molecule has 0 fully saturated rings. The van der Waals surface area contributed by atoms with Crippen LogP contribution in [-0.2, 0) is 6.42 Å². The van der Waals surface area contributed by atoms with Crippen LogP contribution >= 0.6 is 0 Å². The number of hydrogen-bond acceptors (Lipinski definition) is 2. The molecule has 0 aromatic heterocycles. The predicted molar refractivity (Wildman–Crippen MR) is 59.7 cm³/mol. The number of anilines is 2. The lowest BCUT2D eigenvalue weighted by atomic mass is 10.1. The topological polar surface area (TPSA) is 15.3 Å². The van der Waals surface area contributed by atoms with E-state index in [1.165, 1.54) is 16.9 Å². The summed E-state index contributed by atoms with van der Waals surface area (Å²) in [5, 5.41) is 3.15. The lowest BCUT2D eigenvalue weighted by Crippen LogP contribution is -2.11. The van der Waals surface area contributed by atoms with Gasteiger partial charge in [-0.25, -0.2) is 0 Å². The van der Waals surface area contributed by atoms with Crippen molar-refractivity contribution in [3.8, 4) is 0 Å². The van der Waals surface area contributed by atoms with Crippen LogP contribution in [0.25, 0.3) is 0 Å². The van der Waals surface area contributed by atoms with Crippen LogP contribution in [0.15, 0.2) is 18.2 Å². The number of benzene rings is 1. The highest BCUT2D eigenvalue weighted by Gasteiger charge is 2.02. The zero-order chi connectivity index (χ0) is 9.84. The lowest BCUT2D eigenvalue weighted by molar-refractivity contribution is 1.06. The first kappa shape index (κ1) is 9.90. The summed E-state index contributed by atoms with van der Waals surface area (Å²) >= 11 is 0. The second kappa shape index (κ2) is 4.17. The molecular formula is C11H18N2. The van der Waals surface area contributed by atoms with E-state index < -0.39 is 0 Å². The summed E-state index contributed by atoms with van der Waals surface area (Å²) in [6.45, 7) is 2.18. The van der Waals surface area contributed by atoms with E-state index in [0.717, 1.165) is 6.42 Å². The molecule has 0 amide bonds. The van der Waals surface area contributed by atoms with Gasteiger partial charge in [0.25, 0.3) is 0 Å². The van der Waals surface area contributed by atoms with Crippen LogP contribution in [0.4, 0.5) is 11.4 Å². The van der Waals surface area contributed by atoms with E-state index in [4.69, 9.17) is 0 Å². The minimum Gasteiger partial charge on any atom is -0.388 e. The molecule has 0 aliphatic heterocycles. The van der Waals surface area contributed by atoms with Crippen molar-refractivity contribution < 1.29 is 0 Å². The van der Waals surface area contributed by atoms with E-state index in [-0.39, 0.29) is 0 Å². The molecule has 0 unspecified atom stereocenters. The maximum absolute atomic E-state index is 3.15. The fourth-order valence-corrected chi connectivity index (χ4v) is 1.43. The van der Waals surface area contributed by atoms with Crippen molar-refractivity contribution in [1.29, 1.82) is 0 Å². The van der Waals surface area contributed by atoms with Gasteiger partial charge in [-0.3, -0.25) is 0 Å². The Labute approximate surface area is 80.6 Å². The molecule has 0 bridgehead atoms. The third-order valence-corrected chi connectivity index (χ3v) is 2.24. The average Bonchev–Trinajstić information content (AvgIpc) is 2.16. The lowest BCUT2D eigenvalue weighted by Gasteiger charge is -2.17. The molecule has 0 saturated heterocycles. The molecule has 1 aromatic rings. The van der Waals surface area contributed by atoms with Gasteiger partial charge in [-0.1, -0.05) is 13.0 Å². The van der Waals surface area contributed by atoms with Gasteiger partial charge in [-0.15, -0.1) is 0 Å². The highest BCUT2D eigenvalue weighted by molar-refractivity contribution is 5.62. The van der Waals surface area contributed by atoms with E-state index in [2.05, 4.69) is 49.4 Å². The quantitative estimate of drug-likeness (QED) is 0.764. The number of nitrogens with one attached hydrogen (secondary N) is 1. The summed E-state index contributed by atoms with van der Waals surface area (Å²) in [7, 11) is 6.10. The fourth-order valence-electron chi connectivity index (χ4n) is 1.43. The summed E-state index contributed by atoms with van der Waals surface area (Å²) in [5.74, 6) is 0. The normalized spacial score (nSPS) is 9.85. The molecule has 72 valence electrons. The number of nitrogens with zero attached hydrogens (tertiary/aromatic N) is 1. The Hall–Kier alpha value is -1.18. The molecule has 0 atom stereocenters. The molecule has 2 heteroatoms. The van der Waals surface area contributed by atoms with Crippen LogP contribution < -0.4 is 10.2 Å². The Balaban J connectivity index is 3.10. The van der Waals surface area contributed by atoms with Gasteiger partial charge in [0.05, 0.1) is 0 Å². The Bertz CT molecular complexity index is 279. The number of aryl methyl sites for hydroxylation is 1. The highest BCUT2D eigenvalue weighted by atomic mass is 15.1. The smallest absolute Gasteiger partial charge is 0.0414 e. The van der Waals surface area contributed by atoms with Gasteiger partial charge >= 0.3 is 0 Å². The molecule has 1 N–H and O–H groups in total. The standard InChI is InChI=1S/C11H18N2/c1-5-9-6-7-10(12-2)8-11(9)13(3)4/h6-8,12H,5H2,1-4H3. The largest absolute Gasteiger partial charge is 0.388 e. The van der Waals surface area contributed by atoms with Gasteiger partial charge in [0.15, 0.2) is 0 Å². The third-order valence-electron chi connectivity index (χ3n) is 2.24. The molecule has 0 radical (unpaired) electrons. The van der Waals surface area contributed by atoms with Crippen LogP contribution in [0.1, 0.15) is 12.5 Å². The molecule has 0 aliphatic rings. The minimum atomic E-state index is 1.08. The molecule has 13 heavy (non-hydrogen) atoms. The summed E-state index contributed by atoms with van der Waals surface area (Å²) in [6.07, 6.45) is 1.08. The van der Waals surface area contributed by atoms with Crippen molar-refractivity contribution in [2.75, 3.05) is 31.4 Å². The summed E-state index contributed by atoms with van der Waals surface area (Å²) in [5.41, 5.74) is 3.86. The van der Waals surface area contributed by atoms with Gasteiger partial charge in [0, 0.05) is 32.5 Å². The van der Waals surface area contributed by atoms with E-state index in [1.54, 1.807) is 0 Å². The molecule has 2 nitrogen and oxygen atoms in total. The van der Waals surface area contributed by atoms with Crippen LogP contribution in [0, 0.1) is 0 Å². The van der Waals surface area contributed by atoms with E-state index in [1.807, 2.05) is 7.05 Å². The molecule has 0 spiro atoms. The first-order valence-corrected chi connectivity index (χ1v) is 4.67. The van der Waals surface area contributed by atoms with Crippen LogP contribution in [0.5, 0.6) is 0 Å². The van der Waals surface area contributed by atoms with Crippen molar-refractivity contribution in [3.05, 3.63) is 23.8 Å². The van der Waals surface area contributed by atoms with E-state index in [9.17, 15) is 0 Å². The van der Waals surface area contributed by atoms with Gasteiger partial charge in [-0.05, 0) is 24.1 Å². The zero-order valence-electron chi connectivity index (χ0n) is 8.89. The van der Waals surface area contributed by atoms with Gasteiger partial charge in [-0.2, -0.15) is 0 Å². The van der Waals surface area contributed by atoms with Crippen LogP contribution in [0.3, 0.4) is 0 Å². The Morgan fingerprint density at radius 3 is 2.46 bits per heavy atom. The van der Waals surface area contributed by atoms with E-state index in [0.29, 0.717) is 0 Å². The monoisotopic (exact) mass is 178 g/mol. The van der Waals surface area contributed by atoms with Crippen LogP contribution in [-0.4, -0.2) is 21.1 Å². The summed E-state index contributed by atoms with van der Waals surface area (Å²) in [4.78, 5) is 2.15. The highest BCUT2D eigenvalue weighted by Crippen LogP contribution is 2.23. The zero-order valence-corrected chi connectivity index (χ0v) is 8.89. The SMILES string of the molecule is CCc1ccc(NC)cc1N(C)C. The van der Waals surface area contributed by atoms with Crippen molar-refractivity contribution in [2.45, 2.75) is 13.3 Å². The molecule has 0 heterocycles. The predicted octanol–water partition coefficient (Wildman–Crippen LogP) is 2.36. The second-order valence-corrected chi connectivity index (χ2v) is 3.34. The van der Waals surface area contributed by atoms with Gasteiger partial charge in [0.1, 0.15) is 0 Å². The Morgan fingerprint density at radius 2 is 2.00 bits per heavy atom. The van der Waals surface area contributed by atoms with Crippen molar-refractivity contribution in [3.63, 3.8) is 0 Å². The third kappa shape index (κ3) is 2.14. The fraction of sp³-hybridized carbons (Fsp3) is 0.455. The summed E-state index contributed by atoms with van der Waals surface area (Å²) in [6, 6.07) is 6.48. The second-order valence-electron chi connectivity index (χ2n) is 3.34.